The first-order valence-electron chi connectivity index (χ1n) is 5.46. The van der Waals surface area contributed by atoms with Gasteiger partial charge >= 0.3 is 5.97 Å². The van der Waals surface area contributed by atoms with Crippen molar-refractivity contribution in [3.63, 3.8) is 0 Å². The summed E-state index contributed by atoms with van der Waals surface area (Å²) in [5.74, 6) is -0.153. The van der Waals surface area contributed by atoms with Crippen LogP contribution in [0.2, 0.25) is 5.02 Å². The maximum absolute atomic E-state index is 10.8. The summed E-state index contributed by atoms with van der Waals surface area (Å²) >= 11 is 10.9. The van der Waals surface area contributed by atoms with Crippen molar-refractivity contribution in [2.24, 2.45) is 0 Å². The lowest BCUT2D eigenvalue weighted by Crippen LogP contribution is -1.96. The first kappa shape index (κ1) is 14.4. The van der Waals surface area contributed by atoms with Crippen molar-refractivity contribution in [3.05, 3.63) is 63.1 Å². The smallest absolute Gasteiger partial charge is 0.335 e. The van der Waals surface area contributed by atoms with Crippen molar-refractivity contribution in [1.29, 1.82) is 0 Å². The zero-order chi connectivity index (χ0) is 13.8. The molecule has 0 spiro atoms. The minimum atomic E-state index is -0.919. The van der Waals surface area contributed by atoms with E-state index in [1.165, 1.54) is 0 Å². The SMILES string of the molecule is O=C(O)c1ccc(CSc2ccc(Cl)cc2)c(Br)c1. The van der Waals surface area contributed by atoms with E-state index in [1.807, 2.05) is 30.3 Å². The van der Waals surface area contributed by atoms with Gasteiger partial charge in [-0.25, -0.2) is 4.79 Å². The molecular formula is C14H10BrClO2S. The topological polar surface area (TPSA) is 37.3 Å². The van der Waals surface area contributed by atoms with Crippen LogP contribution >= 0.6 is 39.3 Å². The van der Waals surface area contributed by atoms with Crippen LogP contribution in [0.4, 0.5) is 0 Å². The van der Waals surface area contributed by atoms with E-state index in [9.17, 15) is 4.79 Å². The summed E-state index contributed by atoms with van der Waals surface area (Å²) in [6.07, 6.45) is 0. The molecule has 98 valence electrons. The molecule has 2 aromatic carbocycles. The molecule has 0 aliphatic heterocycles. The first-order chi connectivity index (χ1) is 9.06. The number of carboxylic acid groups (broad SMARTS) is 1. The number of aromatic carboxylic acids is 1. The largest absolute Gasteiger partial charge is 0.478 e. The molecule has 0 saturated carbocycles. The monoisotopic (exact) mass is 356 g/mol. The lowest BCUT2D eigenvalue weighted by atomic mass is 10.1. The summed E-state index contributed by atoms with van der Waals surface area (Å²) in [6, 6.07) is 12.7. The van der Waals surface area contributed by atoms with Gasteiger partial charge in [-0.15, -0.1) is 11.8 Å². The highest BCUT2D eigenvalue weighted by Gasteiger charge is 2.07. The number of halogens is 2. The van der Waals surface area contributed by atoms with Gasteiger partial charge < -0.3 is 5.11 Å². The van der Waals surface area contributed by atoms with Crippen LogP contribution < -0.4 is 0 Å². The van der Waals surface area contributed by atoms with Crippen molar-refractivity contribution in [2.75, 3.05) is 0 Å². The molecule has 0 amide bonds. The molecule has 0 saturated heterocycles. The predicted molar refractivity (Wildman–Crippen MR) is 82.1 cm³/mol. The molecule has 2 rings (SSSR count). The van der Waals surface area contributed by atoms with Crippen molar-refractivity contribution in [2.45, 2.75) is 10.6 Å². The average molecular weight is 358 g/mol. The van der Waals surface area contributed by atoms with E-state index in [1.54, 1.807) is 23.9 Å². The molecule has 0 aromatic heterocycles. The molecule has 0 aliphatic carbocycles. The fraction of sp³-hybridized carbons (Fsp3) is 0.0714. The Labute approximate surface area is 128 Å². The zero-order valence-corrected chi connectivity index (χ0v) is 12.9. The lowest BCUT2D eigenvalue weighted by Gasteiger charge is -2.06. The highest BCUT2D eigenvalue weighted by atomic mass is 79.9. The van der Waals surface area contributed by atoms with Gasteiger partial charge in [0.25, 0.3) is 0 Å². The second-order valence-electron chi connectivity index (χ2n) is 3.85. The van der Waals surface area contributed by atoms with Gasteiger partial charge in [0.2, 0.25) is 0 Å². The van der Waals surface area contributed by atoms with Crippen LogP contribution in [-0.4, -0.2) is 11.1 Å². The molecule has 0 unspecified atom stereocenters. The number of carbonyl (C=O) groups is 1. The van der Waals surface area contributed by atoms with Gasteiger partial charge in [-0.3, -0.25) is 0 Å². The van der Waals surface area contributed by atoms with Crippen molar-refractivity contribution in [3.8, 4) is 0 Å². The van der Waals surface area contributed by atoms with Crippen LogP contribution in [0.3, 0.4) is 0 Å². The van der Waals surface area contributed by atoms with Gasteiger partial charge in [0, 0.05) is 20.1 Å². The third kappa shape index (κ3) is 4.00. The highest BCUT2D eigenvalue weighted by molar-refractivity contribution is 9.10. The number of hydrogen-bond donors (Lipinski definition) is 1. The number of rotatable bonds is 4. The number of carboxylic acids is 1. The Morgan fingerprint density at radius 1 is 1.21 bits per heavy atom. The van der Waals surface area contributed by atoms with Crippen molar-refractivity contribution >= 4 is 45.3 Å². The summed E-state index contributed by atoms with van der Waals surface area (Å²) in [7, 11) is 0. The van der Waals surface area contributed by atoms with E-state index in [0.717, 1.165) is 25.7 Å². The van der Waals surface area contributed by atoms with Gasteiger partial charge in [0.1, 0.15) is 0 Å². The summed E-state index contributed by atoms with van der Waals surface area (Å²) in [5, 5.41) is 9.61. The second-order valence-corrected chi connectivity index (χ2v) is 6.19. The van der Waals surface area contributed by atoms with Gasteiger partial charge in [-0.05, 0) is 42.0 Å². The zero-order valence-electron chi connectivity index (χ0n) is 9.77. The van der Waals surface area contributed by atoms with Gasteiger partial charge in [-0.1, -0.05) is 33.6 Å². The van der Waals surface area contributed by atoms with Crippen LogP contribution in [0.25, 0.3) is 0 Å². The van der Waals surface area contributed by atoms with Gasteiger partial charge in [-0.2, -0.15) is 0 Å². The standard InChI is InChI=1S/C14H10BrClO2S/c15-13-7-9(14(17)18)1-2-10(13)8-19-12-5-3-11(16)4-6-12/h1-7H,8H2,(H,17,18). The molecule has 2 aromatic rings. The number of thioether (sulfide) groups is 1. The van der Waals surface area contributed by atoms with Gasteiger partial charge in [0.05, 0.1) is 5.56 Å². The Hall–Kier alpha value is -0.970. The third-order valence-electron chi connectivity index (χ3n) is 2.51. The lowest BCUT2D eigenvalue weighted by molar-refractivity contribution is 0.0697. The van der Waals surface area contributed by atoms with Crippen molar-refractivity contribution in [1.82, 2.24) is 0 Å². The normalized spacial score (nSPS) is 10.4. The fourth-order valence-corrected chi connectivity index (χ4v) is 3.22. The molecular weight excluding hydrogens is 348 g/mol. The average Bonchev–Trinajstić information content (AvgIpc) is 2.39. The molecule has 19 heavy (non-hydrogen) atoms. The predicted octanol–water partition coefficient (Wildman–Crippen LogP) is 5.09. The van der Waals surface area contributed by atoms with E-state index < -0.39 is 5.97 Å². The van der Waals surface area contributed by atoms with E-state index in [2.05, 4.69) is 15.9 Å². The summed E-state index contributed by atoms with van der Waals surface area (Å²) < 4.78 is 0.814. The van der Waals surface area contributed by atoms with Crippen LogP contribution in [0, 0.1) is 0 Å². The van der Waals surface area contributed by atoms with E-state index in [-0.39, 0.29) is 5.56 Å². The molecule has 0 atom stereocenters. The molecule has 0 aliphatic rings. The first-order valence-corrected chi connectivity index (χ1v) is 7.62. The Morgan fingerprint density at radius 3 is 2.47 bits per heavy atom. The summed E-state index contributed by atoms with van der Waals surface area (Å²) in [4.78, 5) is 12.0. The quantitative estimate of drug-likeness (QED) is 0.774. The Kier molecular flexibility index (Phi) is 4.91. The minimum Gasteiger partial charge on any atom is -0.478 e. The summed E-state index contributed by atoms with van der Waals surface area (Å²) in [5.41, 5.74) is 1.34. The summed E-state index contributed by atoms with van der Waals surface area (Å²) in [6.45, 7) is 0. The Balaban J connectivity index is 2.07. The molecule has 0 bridgehead atoms. The molecule has 0 fully saturated rings. The Bertz CT molecular complexity index is 599. The van der Waals surface area contributed by atoms with E-state index in [0.29, 0.717) is 0 Å². The molecule has 5 heteroatoms. The minimum absolute atomic E-state index is 0.284. The number of hydrogen-bond acceptors (Lipinski definition) is 2. The molecule has 0 heterocycles. The van der Waals surface area contributed by atoms with Crippen LogP contribution in [-0.2, 0) is 5.75 Å². The number of benzene rings is 2. The maximum atomic E-state index is 10.8. The second kappa shape index (κ2) is 6.46. The third-order valence-corrected chi connectivity index (χ3v) is 4.56. The maximum Gasteiger partial charge on any atom is 0.335 e. The highest BCUT2D eigenvalue weighted by Crippen LogP contribution is 2.28. The van der Waals surface area contributed by atoms with E-state index >= 15 is 0 Å². The molecule has 0 radical (unpaired) electrons. The van der Waals surface area contributed by atoms with Crippen LogP contribution in [0.15, 0.2) is 51.8 Å². The van der Waals surface area contributed by atoms with Crippen molar-refractivity contribution < 1.29 is 9.90 Å². The van der Waals surface area contributed by atoms with Gasteiger partial charge in [0.15, 0.2) is 0 Å². The van der Waals surface area contributed by atoms with E-state index in [4.69, 9.17) is 16.7 Å². The Morgan fingerprint density at radius 2 is 1.89 bits per heavy atom. The van der Waals surface area contributed by atoms with Crippen LogP contribution in [0.1, 0.15) is 15.9 Å². The fourth-order valence-electron chi connectivity index (χ4n) is 1.49. The van der Waals surface area contributed by atoms with Crippen LogP contribution in [0.5, 0.6) is 0 Å². The molecule has 2 nitrogen and oxygen atoms in total. The molecule has 1 N–H and O–H groups in total.